The van der Waals surface area contributed by atoms with E-state index < -0.39 is 6.04 Å². The summed E-state index contributed by atoms with van der Waals surface area (Å²) < 4.78 is 20.0. The Bertz CT molecular complexity index is 874. The van der Waals surface area contributed by atoms with Gasteiger partial charge in [-0.15, -0.1) is 0 Å². The molecular formula is C24H30BrFN2O3. The number of amides is 2. The zero-order valence-electron chi connectivity index (χ0n) is 18.3. The molecule has 0 aliphatic rings. The number of unbranched alkanes of at least 4 members (excludes halogenated alkanes) is 1. The molecule has 2 rings (SSSR count). The van der Waals surface area contributed by atoms with Crippen molar-refractivity contribution in [1.82, 2.24) is 10.2 Å². The Labute approximate surface area is 192 Å². The molecule has 1 N–H and O–H groups in total. The minimum absolute atomic E-state index is 0.189. The molecule has 0 aliphatic heterocycles. The van der Waals surface area contributed by atoms with Crippen molar-refractivity contribution >= 4 is 27.7 Å². The fraction of sp³-hybridized carbons (Fsp3) is 0.417. The molecular weight excluding hydrogens is 463 g/mol. The van der Waals surface area contributed by atoms with Crippen molar-refractivity contribution in [3.63, 3.8) is 0 Å². The van der Waals surface area contributed by atoms with E-state index in [-0.39, 0.29) is 30.8 Å². The standard InChI is InChI=1S/C24H30BrFN2O3/c1-4-6-13-27-24(30)22(5-2)28(15-18-7-9-19(26)10-8-18)23(29)16-31-20-11-12-21(25)17(3)14-20/h7-12,14,22H,4-6,13,15-16H2,1-3H3,(H,27,30)/t22-/m0/s1. The lowest BCUT2D eigenvalue weighted by Crippen LogP contribution is -2.50. The first-order chi connectivity index (χ1) is 14.8. The van der Waals surface area contributed by atoms with Crippen LogP contribution in [0.3, 0.4) is 0 Å². The van der Waals surface area contributed by atoms with Crippen LogP contribution in [-0.4, -0.2) is 35.9 Å². The number of ether oxygens (including phenoxy) is 1. The Morgan fingerprint density at radius 3 is 2.48 bits per heavy atom. The first-order valence-electron chi connectivity index (χ1n) is 10.6. The second-order valence-electron chi connectivity index (χ2n) is 7.42. The number of carbonyl (C=O) groups excluding carboxylic acids is 2. The van der Waals surface area contributed by atoms with Gasteiger partial charge in [-0.1, -0.05) is 48.3 Å². The van der Waals surface area contributed by atoms with Crippen LogP contribution in [0.15, 0.2) is 46.9 Å². The number of nitrogens with zero attached hydrogens (tertiary/aromatic N) is 1. The molecule has 2 aromatic rings. The molecule has 0 aliphatic carbocycles. The van der Waals surface area contributed by atoms with Gasteiger partial charge in [0, 0.05) is 17.6 Å². The van der Waals surface area contributed by atoms with Crippen molar-refractivity contribution in [2.45, 2.75) is 52.6 Å². The maximum absolute atomic E-state index is 13.3. The van der Waals surface area contributed by atoms with Gasteiger partial charge in [0.25, 0.3) is 5.91 Å². The molecule has 0 saturated heterocycles. The zero-order chi connectivity index (χ0) is 22.8. The minimum atomic E-state index is -0.635. The fourth-order valence-electron chi connectivity index (χ4n) is 3.15. The number of hydrogen-bond donors (Lipinski definition) is 1. The largest absolute Gasteiger partial charge is 0.484 e. The molecule has 1 atom stereocenters. The van der Waals surface area contributed by atoms with Crippen LogP contribution < -0.4 is 10.1 Å². The highest BCUT2D eigenvalue weighted by molar-refractivity contribution is 9.10. The van der Waals surface area contributed by atoms with E-state index in [2.05, 4.69) is 28.2 Å². The zero-order valence-corrected chi connectivity index (χ0v) is 19.9. The van der Waals surface area contributed by atoms with Gasteiger partial charge in [-0.2, -0.15) is 0 Å². The van der Waals surface area contributed by atoms with E-state index in [0.717, 1.165) is 28.4 Å². The molecule has 31 heavy (non-hydrogen) atoms. The Morgan fingerprint density at radius 2 is 1.87 bits per heavy atom. The molecule has 0 fully saturated rings. The monoisotopic (exact) mass is 492 g/mol. The van der Waals surface area contributed by atoms with Crippen molar-refractivity contribution in [3.05, 3.63) is 63.9 Å². The maximum atomic E-state index is 13.3. The molecule has 168 valence electrons. The smallest absolute Gasteiger partial charge is 0.261 e. The first-order valence-corrected chi connectivity index (χ1v) is 11.4. The van der Waals surface area contributed by atoms with E-state index in [1.165, 1.54) is 17.0 Å². The van der Waals surface area contributed by atoms with Gasteiger partial charge in [-0.25, -0.2) is 4.39 Å². The van der Waals surface area contributed by atoms with Crippen LogP contribution in [0.5, 0.6) is 5.75 Å². The molecule has 2 amide bonds. The Kier molecular flexibility index (Phi) is 9.98. The highest BCUT2D eigenvalue weighted by Gasteiger charge is 2.28. The highest BCUT2D eigenvalue weighted by atomic mass is 79.9. The molecule has 0 unspecified atom stereocenters. The van der Waals surface area contributed by atoms with Crippen LogP contribution in [0, 0.1) is 12.7 Å². The van der Waals surface area contributed by atoms with Crippen LogP contribution in [0.2, 0.25) is 0 Å². The molecule has 0 bridgehead atoms. The molecule has 0 heterocycles. The number of halogens is 2. The fourth-order valence-corrected chi connectivity index (χ4v) is 3.39. The lowest BCUT2D eigenvalue weighted by Gasteiger charge is -2.30. The van der Waals surface area contributed by atoms with Gasteiger partial charge >= 0.3 is 0 Å². The lowest BCUT2D eigenvalue weighted by molar-refractivity contribution is -0.143. The topological polar surface area (TPSA) is 58.6 Å². The van der Waals surface area contributed by atoms with Gasteiger partial charge in [0.1, 0.15) is 17.6 Å². The summed E-state index contributed by atoms with van der Waals surface area (Å²) in [6.45, 7) is 6.43. The number of hydrogen-bond acceptors (Lipinski definition) is 3. The molecule has 0 spiro atoms. The van der Waals surface area contributed by atoms with E-state index in [0.29, 0.717) is 18.7 Å². The second-order valence-corrected chi connectivity index (χ2v) is 8.27. The quantitative estimate of drug-likeness (QED) is 0.449. The predicted molar refractivity (Wildman–Crippen MR) is 123 cm³/mol. The second kappa shape index (κ2) is 12.4. The third-order valence-electron chi connectivity index (χ3n) is 4.97. The molecule has 0 aromatic heterocycles. The lowest BCUT2D eigenvalue weighted by atomic mass is 10.1. The van der Waals surface area contributed by atoms with Crippen LogP contribution in [-0.2, 0) is 16.1 Å². The van der Waals surface area contributed by atoms with Gasteiger partial charge < -0.3 is 15.0 Å². The first kappa shape index (κ1) is 24.9. The summed E-state index contributed by atoms with van der Waals surface area (Å²) >= 11 is 3.44. The number of benzene rings is 2. The third kappa shape index (κ3) is 7.65. The summed E-state index contributed by atoms with van der Waals surface area (Å²) in [5.41, 5.74) is 1.74. The van der Waals surface area contributed by atoms with E-state index in [1.807, 2.05) is 26.0 Å². The van der Waals surface area contributed by atoms with Crippen LogP contribution in [0.25, 0.3) is 0 Å². The maximum Gasteiger partial charge on any atom is 0.261 e. The summed E-state index contributed by atoms with van der Waals surface area (Å²) in [6, 6.07) is 10.8. The third-order valence-corrected chi connectivity index (χ3v) is 5.86. The van der Waals surface area contributed by atoms with Gasteiger partial charge in [-0.3, -0.25) is 9.59 Å². The average molecular weight is 493 g/mol. The van der Waals surface area contributed by atoms with Crippen molar-refractivity contribution in [2.24, 2.45) is 0 Å². The van der Waals surface area contributed by atoms with Crippen LogP contribution in [0.4, 0.5) is 4.39 Å². The van der Waals surface area contributed by atoms with Crippen molar-refractivity contribution in [2.75, 3.05) is 13.2 Å². The number of rotatable bonds is 11. The number of aryl methyl sites for hydroxylation is 1. The molecule has 5 nitrogen and oxygen atoms in total. The molecule has 0 radical (unpaired) electrons. The molecule has 0 saturated carbocycles. The van der Waals surface area contributed by atoms with Crippen molar-refractivity contribution < 1.29 is 18.7 Å². The van der Waals surface area contributed by atoms with Gasteiger partial charge in [0.15, 0.2) is 6.61 Å². The van der Waals surface area contributed by atoms with E-state index >= 15 is 0 Å². The number of nitrogens with one attached hydrogen (secondary N) is 1. The van der Waals surface area contributed by atoms with Crippen LogP contribution in [0.1, 0.15) is 44.2 Å². The van der Waals surface area contributed by atoms with Gasteiger partial charge in [0.2, 0.25) is 5.91 Å². The van der Waals surface area contributed by atoms with Crippen molar-refractivity contribution in [1.29, 1.82) is 0 Å². The summed E-state index contributed by atoms with van der Waals surface area (Å²) in [5, 5.41) is 2.91. The summed E-state index contributed by atoms with van der Waals surface area (Å²) in [6.07, 6.45) is 2.30. The summed E-state index contributed by atoms with van der Waals surface area (Å²) in [5.74, 6) is -0.260. The van der Waals surface area contributed by atoms with Gasteiger partial charge in [0.05, 0.1) is 0 Å². The SMILES string of the molecule is CCCCNC(=O)[C@H](CC)N(Cc1ccc(F)cc1)C(=O)COc1ccc(Br)c(C)c1. The average Bonchev–Trinajstić information content (AvgIpc) is 2.75. The van der Waals surface area contributed by atoms with Crippen LogP contribution >= 0.6 is 15.9 Å². The Hall–Kier alpha value is -2.41. The Morgan fingerprint density at radius 1 is 1.16 bits per heavy atom. The van der Waals surface area contributed by atoms with Crippen molar-refractivity contribution in [3.8, 4) is 5.75 Å². The van der Waals surface area contributed by atoms with E-state index in [1.54, 1.807) is 18.2 Å². The van der Waals surface area contributed by atoms with E-state index in [4.69, 9.17) is 4.74 Å². The Balaban J connectivity index is 2.17. The molecule has 2 aromatic carbocycles. The highest BCUT2D eigenvalue weighted by Crippen LogP contribution is 2.22. The van der Waals surface area contributed by atoms with Gasteiger partial charge in [-0.05, 0) is 61.2 Å². The minimum Gasteiger partial charge on any atom is -0.484 e. The number of carbonyl (C=O) groups is 2. The van der Waals surface area contributed by atoms with E-state index in [9.17, 15) is 14.0 Å². The normalized spacial score (nSPS) is 11.6. The predicted octanol–water partition coefficient (Wildman–Crippen LogP) is 5.00. The summed E-state index contributed by atoms with van der Waals surface area (Å²) in [7, 11) is 0. The molecule has 7 heteroatoms. The summed E-state index contributed by atoms with van der Waals surface area (Å²) in [4.78, 5) is 27.4.